The molecule has 4 nitrogen and oxygen atoms in total. The highest BCUT2D eigenvalue weighted by atomic mass is 16.3. The average molecular weight is 259 g/mol. The smallest absolute Gasteiger partial charge is 0.289 e. The minimum Gasteiger partial charge on any atom is -0.464 e. The van der Waals surface area contributed by atoms with E-state index in [-0.39, 0.29) is 5.91 Å². The molecule has 2 heterocycles. The Morgan fingerprint density at radius 1 is 1.42 bits per heavy atom. The van der Waals surface area contributed by atoms with Crippen molar-refractivity contribution in [2.24, 2.45) is 5.92 Å². The van der Waals surface area contributed by atoms with Gasteiger partial charge in [-0.3, -0.25) is 4.79 Å². The Labute approximate surface area is 112 Å². The number of furan rings is 2. The lowest BCUT2D eigenvalue weighted by Gasteiger charge is -2.13. The van der Waals surface area contributed by atoms with Crippen LogP contribution in [0.15, 0.2) is 39.4 Å². The van der Waals surface area contributed by atoms with Crippen LogP contribution in [-0.4, -0.2) is 17.9 Å². The molecule has 0 aromatic carbocycles. The van der Waals surface area contributed by atoms with Crippen LogP contribution >= 0.6 is 0 Å². The predicted molar refractivity (Wildman–Crippen MR) is 69.7 cm³/mol. The first-order valence-electron chi connectivity index (χ1n) is 6.52. The number of carbonyl (C=O) groups is 1. The summed E-state index contributed by atoms with van der Waals surface area (Å²) in [5.74, 6) is 3.37. The van der Waals surface area contributed by atoms with Crippen molar-refractivity contribution < 1.29 is 13.6 Å². The van der Waals surface area contributed by atoms with Gasteiger partial charge >= 0.3 is 0 Å². The van der Waals surface area contributed by atoms with E-state index in [1.54, 1.807) is 24.1 Å². The summed E-state index contributed by atoms with van der Waals surface area (Å²) in [4.78, 5) is 13.6. The number of hydrogen-bond donors (Lipinski definition) is 0. The van der Waals surface area contributed by atoms with Crippen LogP contribution in [0.4, 0.5) is 0 Å². The van der Waals surface area contributed by atoms with Crippen molar-refractivity contribution in [2.75, 3.05) is 7.05 Å². The summed E-state index contributed by atoms with van der Waals surface area (Å²) in [5.41, 5.74) is 0. The van der Waals surface area contributed by atoms with Gasteiger partial charge < -0.3 is 13.7 Å². The molecule has 19 heavy (non-hydrogen) atoms. The summed E-state index contributed by atoms with van der Waals surface area (Å²) in [5, 5.41) is 0. The molecule has 3 rings (SSSR count). The fraction of sp³-hybridized carbons (Fsp3) is 0.400. The van der Waals surface area contributed by atoms with Gasteiger partial charge in [-0.05, 0) is 36.6 Å². The minimum absolute atomic E-state index is 0.136. The molecule has 2 aromatic rings. The van der Waals surface area contributed by atoms with Gasteiger partial charge in [0.05, 0.1) is 12.8 Å². The number of carbonyl (C=O) groups excluding carboxylic acids is 1. The molecule has 1 aliphatic rings. The highest BCUT2D eigenvalue weighted by Gasteiger charge is 2.36. The second kappa shape index (κ2) is 4.61. The summed E-state index contributed by atoms with van der Waals surface area (Å²) in [6, 6.07) is 7.35. The van der Waals surface area contributed by atoms with Crippen LogP contribution in [0.1, 0.15) is 41.3 Å². The maximum atomic E-state index is 12.0. The highest BCUT2D eigenvalue weighted by Crippen LogP contribution is 2.47. The monoisotopic (exact) mass is 259 g/mol. The first kappa shape index (κ1) is 12.1. The molecular weight excluding hydrogens is 242 g/mol. The molecule has 100 valence electrons. The highest BCUT2D eigenvalue weighted by molar-refractivity contribution is 5.91. The van der Waals surface area contributed by atoms with E-state index < -0.39 is 0 Å². The van der Waals surface area contributed by atoms with E-state index in [9.17, 15) is 4.79 Å². The van der Waals surface area contributed by atoms with Crippen molar-refractivity contribution in [3.8, 4) is 0 Å². The summed E-state index contributed by atoms with van der Waals surface area (Å²) in [6.07, 6.45) is 2.70. The third kappa shape index (κ3) is 2.43. The molecule has 2 unspecified atom stereocenters. The molecule has 2 atom stereocenters. The van der Waals surface area contributed by atoms with Crippen LogP contribution < -0.4 is 0 Å². The zero-order valence-electron chi connectivity index (χ0n) is 11.1. The van der Waals surface area contributed by atoms with Crippen LogP contribution in [0.2, 0.25) is 0 Å². The summed E-state index contributed by atoms with van der Waals surface area (Å²) in [7, 11) is 1.74. The Hall–Kier alpha value is -1.97. The number of rotatable bonds is 4. The van der Waals surface area contributed by atoms with Crippen LogP contribution in [0.5, 0.6) is 0 Å². The van der Waals surface area contributed by atoms with Crippen LogP contribution in [0.25, 0.3) is 0 Å². The van der Waals surface area contributed by atoms with Crippen molar-refractivity contribution in [2.45, 2.75) is 25.8 Å². The third-order valence-corrected chi connectivity index (χ3v) is 3.63. The van der Waals surface area contributed by atoms with E-state index in [1.807, 2.05) is 12.1 Å². The lowest BCUT2D eigenvalue weighted by Crippen LogP contribution is -2.25. The Balaban J connectivity index is 1.64. The third-order valence-electron chi connectivity index (χ3n) is 3.63. The molecule has 1 saturated carbocycles. The fourth-order valence-corrected chi connectivity index (χ4v) is 2.29. The van der Waals surface area contributed by atoms with Crippen molar-refractivity contribution in [1.82, 2.24) is 4.90 Å². The number of amides is 1. The lowest BCUT2D eigenvalue weighted by molar-refractivity contribution is 0.0743. The normalized spacial score (nSPS) is 21.4. The Bertz CT molecular complexity index is 570. The zero-order chi connectivity index (χ0) is 13.4. The van der Waals surface area contributed by atoms with Gasteiger partial charge in [0.25, 0.3) is 5.91 Å². The second-order valence-corrected chi connectivity index (χ2v) is 5.26. The minimum atomic E-state index is -0.136. The molecule has 1 fully saturated rings. The van der Waals surface area contributed by atoms with E-state index in [4.69, 9.17) is 8.83 Å². The van der Waals surface area contributed by atoms with Gasteiger partial charge in [-0.25, -0.2) is 0 Å². The van der Waals surface area contributed by atoms with Crippen molar-refractivity contribution in [1.29, 1.82) is 0 Å². The standard InChI is InChI=1S/C15H17NO3/c1-10-8-12(10)13-6-5-11(19-13)9-16(2)15(17)14-4-3-7-18-14/h3-7,10,12H,8-9H2,1-2H3. The molecule has 4 heteroatoms. The van der Waals surface area contributed by atoms with Gasteiger partial charge in [-0.15, -0.1) is 0 Å². The summed E-state index contributed by atoms with van der Waals surface area (Å²) < 4.78 is 10.9. The summed E-state index contributed by atoms with van der Waals surface area (Å²) >= 11 is 0. The predicted octanol–water partition coefficient (Wildman–Crippen LogP) is 3.27. The van der Waals surface area contributed by atoms with Crippen molar-refractivity contribution in [3.05, 3.63) is 47.8 Å². The first-order valence-corrected chi connectivity index (χ1v) is 6.52. The van der Waals surface area contributed by atoms with Gasteiger partial charge in [-0.1, -0.05) is 6.92 Å². The molecule has 0 saturated heterocycles. The molecule has 2 aromatic heterocycles. The molecule has 1 amide bonds. The Morgan fingerprint density at radius 2 is 2.21 bits per heavy atom. The molecule has 1 aliphatic carbocycles. The van der Waals surface area contributed by atoms with Crippen LogP contribution in [0.3, 0.4) is 0 Å². The molecule has 0 spiro atoms. The molecule has 0 radical (unpaired) electrons. The topological polar surface area (TPSA) is 46.6 Å². The quantitative estimate of drug-likeness (QED) is 0.846. The SMILES string of the molecule is CC1CC1c1ccc(CN(C)C(=O)c2ccco2)o1. The molecule has 0 N–H and O–H groups in total. The maximum absolute atomic E-state index is 12.0. The van der Waals surface area contributed by atoms with Gasteiger partial charge in [0.1, 0.15) is 11.5 Å². The van der Waals surface area contributed by atoms with Gasteiger partial charge in [0.15, 0.2) is 5.76 Å². The van der Waals surface area contributed by atoms with Crippen LogP contribution in [-0.2, 0) is 6.54 Å². The van der Waals surface area contributed by atoms with Gasteiger partial charge in [0, 0.05) is 13.0 Å². The zero-order valence-corrected chi connectivity index (χ0v) is 11.1. The second-order valence-electron chi connectivity index (χ2n) is 5.26. The van der Waals surface area contributed by atoms with E-state index >= 15 is 0 Å². The molecular formula is C15H17NO3. The Morgan fingerprint density at radius 3 is 2.84 bits per heavy atom. The van der Waals surface area contributed by atoms with E-state index in [0.717, 1.165) is 17.4 Å². The molecule has 0 bridgehead atoms. The average Bonchev–Trinajstić information content (AvgIpc) is 2.88. The van der Waals surface area contributed by atoms with Gasteiger partial charge in [0.2, 0.25) is 0 Å². The lowest BCUT2D eigenvalue weighted by atomic mass is 10.3. The fourth-order valence-electron chi connectivity index (χ4n) is 2.29. The van der Waals surface area contributed by atoms with E-state index in [2.05, 4.69) is 6.92 Å². The first-order chi connectivity index (χ1) is 9.15. The van der Waals surface area contributed by atoms with Crippen molar-refractivity contribution in [3.63, 3.8) is 0 Å². The van der Waals surface area contributed by atoms with Crippen molar-refractivity contribution >= 4 is 5.91 Å². The van der Waals surface area contributed by atoms with Gasteiger partial charge in [-0.2, -0.15) is 0 Å². The Kier molecular flexibility index (Phi) is 2.93. The largest absolute Gasteiger partial charge is 0.464 e. The maximum Gasteiger partial charge on any atom is 0.289 e. The van der Waals surface area contributed by atoms with E-state index in [1.165, 1.54) is 12.7 Å². The van der Waals surface area contributed by atoms with Crippen LogP contribution in [0, 0.1) is 5.92 Å². The van der Waals surface area contributed by atoms with E-state index in [0.29, 0.717) is 18.2 Å². The molecule has 0 aliphatic heterocycles. The number of hydrogen-bond acceptors (Lipinski definition) is 3. The number of nitrogens with zero attached hydrogens (tertiary/aromatic N) is 1. The summed E-state index contributed by atoms with van der Waals surface area (Å²) in [6.45, 7) is 2.68.